The number of nitrogens with one attached hydrogen (secondary N) is 1. The van der Waals surface area contributed by atoms with Crippen LogP contribution in [0.1, 0.15) is 0 Å². The quantitative estimate of drug-likeness (QED) is 0.309. The van der Waals surface area contributed by atoms with Crippen LogP contribution in [0.4, 0.5) is 0 Å². The van der Waals surface area contributed by atoms with E-state index >= 15 is 0 Å². The lowest BCUT2D eigenvalue weighted by Gasteiger charge is -2.10. The zero-order valence-electron chi connectivity index (χ0n) is 6.93. The zero-order valence-corrected chi connectivity index (χ0v) is 6.93. The third-order valence-corrected chi connectivity index (χ3v) is 1.31. The molecule has 0 saturated carbocycles. The minimum absolute atomic E-state index is 0.562. The van der Waals surface area contributed by atoms with Crippen molar-refractivity contribution < 1.29 is 19.8 Å². The highest BCUT2D eigenvalue weighted by Crippen LogP contribution is 1.80. The Hall–Kier alpha value is -1.02. The van der Waals surface area contributed by atoms with Crippen LogP contribution in [-0.4, -0.2) is 47.3 Å². The maximum atomic E-state index is 10.9. The summed E-state index contributed by atoms with van der Waals surface area (Å²) in [6.07, 6.45) is 0. The Bertz CT molecular complexity index is 176. The first-order valence-corrected chi connectivity index (χ1v) is 3.60. The van der Waals surface area contributed by atoms with E-state index in [2.05, 4.69) is 0 Å². The molecule has 0 saturated heterocycles. The van der Waals surface area contributed by atoms with E-state index < -0.39 is 37.1 Å². The number of amides is 2. The molecule has 0 aromatic carbocycles. The van der Waals surface area contributed by atoms with Crippen molar-refractivity contribution in [2.75, 3.05) is 13.2 Å². The van der Waals surface area contributed by atoms with Gasteiger partial charge >= 0.3 is 0 Å². The van der Waals surface area contributed by atoms with Crippen LogP contribution in [0.25, 0.3) is 0 Å². The molecule has 0 fully saturated rings. The Kier molecular flexibility index (Phi) is 5.16. The maximum Gasteiger partial charge on any atom is 0.245 e. The second-order valence-electron chi connectivity index (χ2n) is 2.43. The monoisotopic (exact) mass is 191 g/mol. The summed E-state index contributed by atoms with van der Waals surface area (Å²) >= 11 is 0. The van der Waals surface area contributed by atoms with Crippen molar-refractivity contribution in [1.82, 2.24) is 5.32 Å². The normalized spacial score (nSPS) is 14.8. The van der Waals surface area contributed by atoms with Crippen molar-refractivity contribution in [2.24, 2.45) is 11.5 Å². The maximum absolute atomic E-state index is 10.9. The molecular formula is C6H13N3O4. The van der Waals surface area contributed by atoms with E-state index in [1.165, 1.54) is 0 Å². The summed E-state index contributed by atoms with van der Waals surface area (Å²) < 4.78 is 0. The molecule has 2 atom stereocenters. The second-order valence-corrected chi connectivity index (χ2v) is 2.43. The Morgan fingerprint density at radius 3 is 1.62 bits per heavy atom. The van der Waals surface area contributed by atoms with Crippen LogP contribution in [-0.2, 0) is 9.59 Å². The highest BCUT2D eigenvalue weighted by molar-refractivity contribution is 5.99. The molecule has 0 aromatic heterocycles. The fourth-order valence-corrected chi connectivity index (χ4v) is 0.473. The predicted octanol–water partition coefficient (Wildman–Crippen LogP) is -3.73. The second kappa shape index (κ2) is 5.60. The van der Waals surface area contributed by atoms with Crippen LogP contribution in [0.15, 0.2) is 0 Å². The number of nitrogens with two attached hydrogens (primary N) is 2. The van der Waals surface area contributed by atoms with Gasteiger partial charge in [-0.1, -0.05) is 0 Å². The third kappa shape index (κ3) is 3.95. The van der Waals surface area contributed by atoms with Gasteiger partial charge in [-0.2, -0.15) is 0 Å². The van der Waals surface area contributed by atoms with Gasteiger partial charge in [0.05, 0.1) is 13.2 Å². The molecule has 0 spiro atoms. The van der Waals surface area contributed by atoms with Gasteiger partial charge in [-0.3, -0.25) is 14.9 Å². The van der Waals surface area contributed by atoms with Crippen molar-refractivity contribution in [2.45, 2.75) is 12.1 Å². The number of hydrogen-bond acceptors (Lipinski definition) is 6. The molecule has 0 aliphatic rings. The Morgan fingerprint density at radius 2 is 1.38 bits per heavy atom. The molecule has 2 unspecified atom stereocenters. The zero-order chi connectivity index (χ0) is 10.4. The van der Waals surface area contributed by atoms with Crippen LogP contribution in [0, 0.1) is 0 Å². The summed E-state index contributed by atoms with van der Waals surface area (Å²) in [6, 6.07) is -2.32. The molecule has 0 aromatic rings. The summed E-state index contributed by atoms with van der Waals surface area (Å²) in [5, 5.41) is 18.7. The van der Waals surface area contributed by atoms with Gasteiger partial charge < -0.3 is 21.7 Å². The largest absolute Gasteiger partial charge is 0.394 e. The Morgan fingerprint density at radius 1 is 1.08 bits per heavy atom. The third-order valence-electron chi connectivity index (χ3n) is 1.31. The molecule has 7 nitrogen and oxygen atoms in total. The van der Waals surface area contributed by atoms with Crippen LogP contribution in [0.3, 0.4) is 0 Å². The Balaban J connectivity index is 3.99. The van der Waals surface area contributed by atoms with Crippen molar-refractivity contribution in [3.8, 4) is 0 Å². The lowest BCUT2D eigenvalue weighted by molar-refractivity contribution is -0.132. The number of rotatable bonds is 4. The minimum atomic E-state index is -1.16. The molecule has 0 bridgehead atoms. The van der Waals surface area contributed by atoms with Gasteiger partial charge in [-0.15, -0.1) is 0 Å². The van der Waals surface area contributed by atoms with E-state index in [4.69, 9.17) is 21.7 Å². The van der Waals surface area contributed by atoms with Crippen molar-refractivity contribution >= 4 is 11.8 Å². The van der Waals surface area contributed by atoms with Crippen LogP contribution >= 0.6 is 0 Å². The van der Waals surface area contributed by atoms with Gasteiger partial charge in [-0.05, 0) is 0 Å². The number of hydrogen-bond donors (Lipinski definition) is 5. The van der Waals surface area contributed by atoms with Gasteiger partial charge in [0.15, 0.2) is 0 Å². The molecule has 76 valence electrons. The number of carbonyl (C=O) groups excluding carboxylic acids is 2. The standard InChI is InChI=1S/C6H13N3O4/c7-3(1-10)5(12)9-6(13)4(8)2-11/h3-4,10-11H,1-2,7-8H2,(H,9,12,13). The summed E-state index contributed by atoms with van der Waals surface area (Å²) in [5.74, 6) is -1.65. The lowest BCUT2D eigenvalue weighted by atomic mass is 10.2. The molecule has 0 rings (SSSR count). The number of aliphatic hydroxyl groups is 2. The number of carbonyl (C=O) groups is 2. The summed E-state index contributed by atoms with van der Waals surface area (Å²) in [5.41, 5.74) is 10.2. The number of aliphatic hydroxyl groups excluding tert-OH is 2. The minimum Gasteiger partial charge on any atom is -0.394 e. The fraction of sp³-hybridized carbons (Fsp3) is 0.667. The van der Waals surface area contributed by atoms with Gasteiger partial charge in [-0.25, -0.2) is 0 Å². The van der Waals surface area contributed by atoms with E-state index in [1.54, 1.807) is 0 Å². The molecule has 0 radical (unpaired) electrons. The average molecular weight is 191 g/mol. The molecule has 0 aliphatic heterocycles. The molecule has 2 amide bonds. The van der Waals surface area contributed by atoms with E-state index in [1.807, 2.05) is 5.32 Å². The van der Waals surface area contributed by atoms with Crippen LogP contribution < -0.4 is 16.8 Å². The lowest BCUT2D eigenvalue weighted by Crippen LogP contribution is -2.51. The van der Waals surface area contributed by atoms with Gasteiger partial charge in [0.1, 0.15) is 12.1 Å². The predicted molar refractivity (Wildman–Crippen MR) is 43.3 cm³/mol. The molecule has 0 heterocycles. The van der Waals surface area contributed by atoms with Crippen molar-refractivity contribution in [1.29, 1.82) is 0 Å². The van der Waals surface area contributed by atoms with Crippen molar-refractivity contribution in [3.05, 3.63) is 0 Å². The van der Waals surface area contributed by atoms with Gasteiger partial charge in [0, 0.05) is 0 Å². The Labute approximate surface area is 74.7 Å². The van der Waals surface area contributed by atoms with Crippen LogP contribution in [0.2, 0.25) is 0 Å². The highest BCUT2D eigenvalue weighted by Gasteiger charge is 2.18. The first-order valence-electron chi connectivity index (χ1n) is 3.60. The van der Waals surface area contributed by atoms with E-state index in [9.17, 15) is 9.59 Å². The smallest absolute Gasteiger partial charge is 0.245 e. The molecular weight excluding hydrogens is 178 g/mol. The van der Waals surface area contributed by atoms with Crippen molar-refractivity contribution in [3.63, 3.8) is 0 Å². The van der Waals surface area contributed by atoms with Gasteiger partial charge in [0.25, 0.3) is 0 Å². The molecule has 0 aliphatic carbocycles. The summed E-state index contributed by atoms with van der Waals surface area (Å²) in [7, 11) is 0. The average Bonchev–Trinajstić information content (AvgIpc) is 2.14. The van der Waals surface area contributed by atoms with E-state index in [-0.39, 0.29) is 0 Å². The van der Waals surface area contributed by atoms with E-state index in [0.717, 1.165) is 0 Å². The first kappa shape index (κ1) is 12.0. The fourth-order valence-electron chi connectivity index (χ4n) is 0.473. The molecule has 7 heteroatoms. The summed E-state index contributed by atoms with van der Waals surface area (Å²) in [6.45, 7) is -1.12. The SMILES string of the molecule is NC(CO)C(=O)NC(=O)C(N)CO. The molecule has 7 N–H and O–H groups in total. The number of imide groups is 1. The van der Waals surface area contributed by atoms with Gasteiger partial charge in [0.2, 0.25) is 11.8 Å². The topological polar surface area (TPSA) is 139 Å². The van der Waals surface area contributed by atoms with E-state index in [0.29, 0.717) is 0 Å². The van der Waals surface area contributed by atoms with Crippen LogP contribution in [0.5, 0.6) is 0 Å². The highest BCUT2D eigenvalue weighted by atomic mass is 16.3. The first-order chi connectivity index (χ1) is 6.02. The summed E-state index contributed by atoms with van der Waals surface area (Å²) in [4.78, 5) is 21.7. The molecule has 13 heavy (non-hydrogen) atoms.